The predicted octanol–water partition coefficient (Wildman–Crippen LogP) is -7.78. The molecule has 0 aliphatic heterocycles. The standard InChI is InChI=1S/2C4H7NO4.3H2O.Sr/c2*5-2(4(8)9)1-3(6)7;;;;/h2*2H,1,5H2,(H,6,7)(H,8,9);3*1H2;/q;;;;;+2/p-2/t2*2-;;;;/m00..../s1. The number of hydrogen-bond donors (Lipinski definition) is 4. The minimum Gasteiger partial charge on any atom is -0.548 e. The fourth-order valence-electron chi connectivity index (χ4n) is 0.543. The van der Waals surface area contributed by atoms with Crippen LogP contribution < -0.4 is 21.7 Å². The van der Waals surface area contributed by atoms with Gasteiger partial charge in [-0.15, -0.1) is 0 Å². The molecule has 0 rings (SSSR count). The van der Waals surface area contributed by atoms with Gasteiger partial charge in [-0.25, -0.2) is 0 Å². The Morgan fingerprint density at radius 2 is 0.955 bits per heavy atom. The van der Waals surface area contributed by atoms with Crippen LogP contribution in [0.5, 0.6) is 0 Å². The third-order valence-corrected chi connectivity index (χ3v) is 1.39. The molecule has 0 aliphatic carbocycles. The zero-order chi connectivity index (χ0) is 14.9. The summed E-state index contributed by atoms with van der Waals surface area (Å²) in [4.78, 5) is 39.0. The first-order valence-corrected chi connectivity index (χ1v) is 4.44. The Morgan fingerprint density at radius 1 is 0.773 bits per heavy atom. The number of aliphatic carboxylic acids is 4. The van der Waals surface area contributed by atoms with Gasteiger partial charge in [0.15, 0.2) is 0 Å². The Bertz CT molecular complexity index is 306. The molecule has 12 N–H and O–H groups in total. The Hall–Kier alpha value is -0.839. The van der Waals surface area contributed by atoms with Crippen LogP contribution in [-0.4, -0.2) is 108 Å². The predicted molar refractivity (Wildman–Crippen MR) is 67.1 cm³/mol. The van der Waals surface area contributed by atoms with Crippen molar-refractivity contribution in [2.45, 2.75) is 24.9 Å². The number of carboxylic acids is 4. The Balaban J connectivity index is -0.0000000492. The van der Waals surface area contributed by atoms with Crippen molar-refractivity contribution in [2.24, 2.45) is 11.5 Å². The van der Waals surface area contributed by atoms with Gasteiger partial charge in [-0.05, 0) is 0 Å². The Labute approximate surface area is 161 Å². The molecule has 2 atom stereocenters. The Morgan fingerprint density at radius 3 is 1.00 bits per heavy atom. The van der Waals surface area contributed by atoms with Gasteiger partial charge in [-0.2, -0.15) is 0 Å². The maximum atomic E-state index is 9.74. The van der Waals surface area contributed by atoms with Crippen LogP contribution in [-0.2, 0) is 19.2 Å². The van der Waals surface area contributed by atoms with E-state index in [1.807, 2.05) is 0 Å². The van der Waals surface area contributed by atoms with E-state index in [-0.39, 0.29) is 61.9 Å². The van der Waals surface area contributed by atoms with Gasteiger partial charge in [-0.3, -0.25) is 9.59 Å². The van der Waals surface area contributed by atoms with E-state index >= 15 is 0 Å². The summed E-state index contributed by atoms with van der Waals surface area (Å²) >= 11 is 0. The van der Waals surface area contributed by atoms with E-state index in [1.165, 1.54) is 0 Å². The number of rotatable bonds is 6. The molecule has 13 nitrogen and oxygen atoms in total. The van der Waals surface area contributed by atoms with E-state index in [4.69, 9.17) is 21.7 Å². The maximum Gasteiger partial charge on any atom is 2.00 e. The van der Waals surface area contributed by atoms with Crippen molar-refractivity contribution in [2.75, 3.05) is 0 Å². The van der Waals surface area contributed by atoms with Crippen LogP contribution in [0, 0.1) is 0 Å². The van der Waals surface area contributed by atoms with E-state index < -0.39 is 48.8 Å². The third-order valence-electron chi connectivity index (χ3n) is 1.39. The molecule has 0 aliphatic rings. The Kier molecular flexibility index (Phi) is 34.3. The first-order valence-electron chi connectivity index (χ1n) is 4.44. The normalized spacial score (nSPS) is 10.3. The largest absolute Gasteiger partial charge is 2.00 e. The monoisotopic (exact) mass is 406 g/mol. The molecule has 0 spiro atoms. The summed E-state index contributed by atoms with van der Waals surface area (Å²) in [7, 11) is 0. The van der Waals surface area contributed by atoms with Crippen LogP contribution in [0.15, 0.2) is 0 Å². The van der Waals surface area contributed by atoms with E-state index in [0.717, 1.165) is 0 Å². The molecule has 0 amide bonds. The van der Waals surface area contributed by atoms with Gasteiger partial charge in [0.05, 0.1) is 36.9 Å². The molecule has 0 heterocycles. The molecule has 0 aromatic rings. The number of carbonyl (C=O) groups excluding carboxylic acids is 2. The van der Waals surface area contributed by atoms with Gasteiger partial charge in [-0.1, -0.05) is 0 Å². The first kappa shape index (κ1) is 37.4. The van der Waals surface area contributed by atoms with Crippen LogP contribution >= 0.6 is 0 Å². The van der Waals surface area contributed by atoms with Crippen molar-refractivity contribution >= 4 is 69.4 Å². The van der Waals surface area contributed by atoms with Gasteiger partial charge >= 0.3 is 57.4 Å². The minimum absolute atomic E-state index is 0. The quantitative estimate of drug-likeness (QED) is 0.302. The SMILES string of the molecule is N[C@@H](CC(=O)O)C(=O)[O-].N[C@@H](CC(=O)O)C(=O)[O-].O.O.O.[Sr+2]. The molecule has 22 heavy (non-hydrogen) atoms. The van der Waals surface area contributed by atoms with Crippen LogP contribution in [0.3, 0.4) is 0 Å². The summed E-state index contributed by atoms with van der Waals surface area (Å²) in [6.07, 6.45) is -1.19. The molecule has 0 unspecified atom stereocenters. The van der Waals surface area contributed by atoms with Gasteiger partial charge < -0.3 is 57.9 Å². The molecule has 0 saturated heterocycles. The molecule has 0 saturated carbocycles. The van der Waals surface area contributed by atoms with Crippen molar-refractivity contribution in [3.05, 3.63) is 0 Å². The molecule has 0 radical (unpaired) electrons. The molecule has 0 aromatic carbocycles. The topological polar surface area (TPSA) is 301 Å². The summed E-state index contributed by atoms with van der Waals surface area (Å²) in [5.41, 5.74) is 9.55. The van der Waals surface area contributed by atoms with E-state index in [1.54, 1.807) is 0 Å². The second kappa shape index (κ2) is 20.2. The summed E-state index contributed by atoms with van der Waals surface area (Å²) in [6, 6.07) is -2.80. The van der Waals surface area contributed by atoms with Gasteiger partial charge in [0.2, 0.25) is 0 Å². The summed E-state index contributed by atoms with van der Waals surface area (Å²) in [5, 5.41) is 35.4. The number of carboxylic acid groups (broad SMARTS) is 4. The second-order valence-corrected chi connectivity index (χ2v) is 3.05. The number of nitrogens with two attached hydrogens (primary N) is 2. The second-order valence-electron chi connectivity index (χ2n) is 3.05. The van der Waals surface area contributed by atoms with E-state index in [2.05, 4.69) is 0 Å². The zero-order valence-corrected chi connectivity index (χ0v) is 14.8. The summed E-state index contributed by atoms with van der Waals surface area (Å²) in [5.74, 6) is -5.58. The average Bonchev–Trinajstić information content (AvgIpc) is 2.16. The first-order chi connectivity index (χ1) is 8.07. The minimum atomic E-state index is -1.54. The van der Waals surface area contributed by atoms with Crippen molar-refractivity contribution < 1.29 is 56.0 Å². The third kappa shape index (κ3) is 27.5. The van der Waals surface area contributed by atoms with Gasteiger partial charge in [0, 0.05) is 0 Å². The molecular weight excluding hydrogens is 388 g/mol. The molecule has 0 aromatic heterocycles. The molecule has 0 fully saturated rings. The summed E-state index contributed by atoms with van der Waals surface area (Å²) < 4.78 is 0. The fourth-order valence-corrected chi connectivity index (χ4v) is 0.543. The average molecular weight is 406 g/mol. The van der Waals surface area contributed by atoms with E-state index in [0.29, 0.717) is 0 Å². The van der Waals surface area contributed by atoms with Crippen LogP contribution in [0.25, 0.3) is 0 Å². The smallest absolute Gasteiger partial charge is 0.548 e. The fraction of sp³-hybridized carbons (Fsp3) is 0.500. The van der Waals surface area contributed by atoms with Gasteiger partial charge in [0.25, 0.3) is 0 Å². The number of hydrogen-bond acceptors (Lipinski definition) is 8. The molecule has 14 heteroatoms. The maximum absolute atomic E-state index is 9.74. The molecule has 0 bridgehead atoms. The van der Waals surface area contributed by atoms with Crippen molar-refractivity contribution in [1.82, 2.24) is 0 Å². The van der Waals surface area contributed by atoms with Gasteiger partial charge in [0.1, 0.15) is 0 Å². The van der Waals surface area contributed by atoms with Crippen LogP contribution in [0.2, 0.25) is 0 Å². The van der Waals surface area contributed by atoms with Crippen molar-refractivity contribution in [3.8, 4) is 0 Å². The summed E-state index contributed by atoms with van der Waals surface area (Å²) in [6.45, 7) is 0. The van der Waals surface area contributed by atoms with Crippen LogP contribution in [0.4, 0.5) is 0 Å². The molecular formula is C8H18N2O11Sr. The van der Waals surface area contributed by atoms with E-state index in [9.17, 15) is 29.4 Å². The van der Waals surface area contributed by atoms with Crippen molar-refractivity contribution in [1.29, 1.82) is 0 Å². The van der Waals surface area contributed by atoms with Crippen molar-refractivity contribution in [3.63, 3.8) is 0 Å². The van der Waals surface area contributed by atoms with Crippen LogP contribution in [0.1, 0.15) is 12.8 Å². The number of carbonyl (C=O) groups is 4. The molecule has 128 valence electrons. The zero-order valence-electron chi connectivity index (χ0n) is 11.3.